The molecule has 0 unspecified atom stereocenters. The van der Waals surface area contributed by atoms with Gasteiger partial charge < -0.3 is 19.9 Å². The van der Waals surface area contributed by atoms with Gasteiger partial charge in [-0.3, -0.25) is 4.79 Å². The van der Waals surface area contributed by atoms with Crippen LogP contribution >= 0.6 is 0 Å². The lowest BCUT2D eigenvalue weighted by Gasteiger charge is -2.14. The minimum absolute atomic E-state index is 0.158. The second-order valence-corrected chi connectivity index (χ2v) is 3.72. The van der Waals surface area contributed by atoms with Crippen molar-refractivity contribution in [3.8, 4) is 0 Å². The van der Waals surface area contributed by atoms with E-state index in [4.69, 9.17) is 14.6 Å². The van der Waals surface area contributed by atoms with E-state index >= 15 is 0 Å². The molecule has 0 fully saturated rings. The van der Waals surface area contributed by atoms with Crippen molar-refractivity contribution in [3.05, 3.63) is 12.7 Å². The SMILES string of the molecule is C=CCCC[C@@H](NC(=O)COCCOC)C(=O)O. The Morgan fingerprint density at radius 2 is 2.17 bits per heavy atom. The summed E-state index contributed by atoms with van der Waals surface area (Å²) in [5.74, 6) is -1.47. The van der Waals surface area contributed by atoms with Crippen molar-refractivity contribution in [1.82, 2.24) is 5.32 Å². The van der Waals surface area contributed by atoms with E-state index in [0.29, 0.717) is 26.1 Å². The molecular formula is C12H21NO5. The zero-order chi connectivity index (χ0) is 13.8. The van der Waals surface area contributed by atoms with Gasteiger partial charge in [-0.1, -0.05) is 6.08 Å². The number of unbranched alkanes of at least 4 members (excludes halogenated alkanes) is 1. The van der Waals surface area contributed by atoms with Crippen LogP contribution in [0.25, 0.3) is 0 Å². The van der Waals surface area contributed by atoms with Crippen molar-refractivity contribution in [1.29, 1.82) is 0 Å². The number of rotatable bonds is 11. The van der Waals surface area contributed by atoms with Crippen molar-refractivity contribution in [2.24, 2.45) is 0 Å². The molecule has 0 aromatic carbocycles. The first kappa shape index (κ1) is 16.6. The predicted octanol–water partition coefficient (Wildman–Crippen LogP) is 0.575. The summed E-state index contributed by atoms with van der Waals surface area (Å²) in [6.45, 7) is 4.10. The molecule has 0 bridgehead atoms. The number of carboxylic acid groups (broad SMARTS) is 1. The van der Waals surface area contributed by atoms with E-state index < -0.39 is 17.9 Å². The van der Waals surface area contributed by atoms with Crippen LogP contribution in [0.3, 0.4) is 0 Å². The molecule has 6 nitrogen and oxygen atoms in total. The number of carbonyl (C=O) groups is 2. The zero-order valence-electron chi connectivity index (χ0n) is 10.7. The summed E-state index contributed by atoms with van der Waals surface area (Å²) < 4.78 is 9.74. The molecule has 6 heteroatoms. The number of methoxy groups -OCH3 is 1. The maximum absolute atomic E-state index is 11.4. The smallest absolute Gasteiger partial charge is 0.326 e. The third kappa shape index (κ3) is 8.72. The van der Waals surface area contributed by atoms with Crippen LogP contribution < -0.4 is 5.32 Å². The molecule has 0 aromatic heterocycles. The summed E-state index contributed by atoms with van der Waals surface area (Å²) in [5, 5.41) is 11.3. The average Bonchev–Trinajstić information content (AvgIpc) is 2.33. The molecule has 0 heterocycles. The van der Waals surface area contributed by atoms with E-state index in [2.05, 4.69) is 11.9 Å². The molecule has 0 aromatic rings. The number of carbonyl (C=O) groups excluding carboxylic acids is 1. The van der Waals surface area contributed by atoms with Gasteiger partial charge in [0.2, 0.25) is 5.91 Å². The van der Waals surface area contributed by atoms with Crippen molar-refractivity contribution in [2.75, 3.05) is 26.9 Å². The van der Waals surface area contributed by atoms with Crippen molar-refractivity contribution in [2.45, 2.75) is 25.3 Å². The standard InChI is InChI=1S/C12H21NO5/c1-3-4-5-6-10(12(15)16)13-11(14)9-18-8-7-17-2/h3,10H,1,4-9H2,2H3,(H,13,14)(H,15,16)/t10-/m1/s1. The number of nitrogens with one attached hydrogen (secondary N) is 1. The molecule has 0 spiro atoms. The monoisotopic (exact) mass is 259 g/mol. The van der Waals surface area contributed by atoms with Crippen LogP contribution in [0.2, 0.25) is 0 Å². The summed E-state index contributed by atoms with van der Waals surface area (Å²) in [4.78, 5) is 22.3. The lowest BCUT2D eigenvalue weighted by atomic mass is 10.1. The molecule has 0 radical (unpaired) electrons. The molecule has 2 N–H and O–H groups in total. The van der Waals surface area contributed by atoms with Crippen LogP contribution in [0.5, 0.6) is 0 Å². The normalized spacial score (nSPS) is 11.8. The molecule has 1 atom stereocenters. The fourth-order valence-corrected chi connectivity index (χ4v) is 1.27. The van der Waals surface area contributed by atoms with E-state index in [1.807, 2.05) is 0 Å². The highest BCUT2D eigenvalue weighted by atomic mass is 16.5. The van der Waals surface area contributed by atoms with Crippen LogP contribution in [0, 0.1) is 0 Å². The third-order valence-corrected chi connectivity index (χ3v) is 2.20. The molecular weight excluding hydrogens is 238 g/mol. The Bertz CT molecular complexity index is 267. The molecule has 0 aliphatic heterocycles. The molecule has 0 saturated carbocycles. The largest absolute Gasteiger partial charge is 0.480 e. The Morgan fingerprint density at radius 1 is 1.44 bits per heavy atom. The maximum Gasteiger partial charge on any atom is 0.326 e. The highest BCUT2D eigenvalue weighted by Crippen LogP contribution is 2.02. The molecule has 0 aliphatic carbocycles. The fraction of sp³-hybridized carbons (Fsp3) is 0.667. The minimum Gasteiger partial charge on any atom is -0.480 e. The van der Waals surface area contributed by atoms with Gasteiger partial charge in [-0.2, -0.15) is 0 Å². The van der Waals surface area contributed by atoms with Crippen molar-refractivity contribution in [3.63, 3.8) is 0 Å². The van der Waals surface area contributed by atoms with Crippen LogP contribution in [0.15, 0.2) is 12.7 Å². The molecule has 0 rings (SSSR count). The first-order valence-electron chi connectivity index (χ1n) is 5.81. The fourth-order valence-electron chi connectivity index (χ4n) is 1.27. The summed E-state index contributed by atoms with van der Waals surface area (Å²) in [6, 6.07) is -0.872. The van der Waals surface area contributed by atoms with Crippen LogP contribution in [0.4, 0.5) is 0 Å². The number of hydrogen-bond donors (Lipinski definition) is 2. The molecule has 1 amide bonds. The first-order valence-corrected chi connectivity index (χ1v) is 5.81. The highest BCUT2D eigenvalue weighted by molar-refractivity contribution is 5.84. The Labute approximate surface area is 107 Å². The van der Waals surface area contributed by atoms with Crippen molar-refractivity contribution >= 4 is 11.9 Å². The Hall–Kier alpha value is -1.40. The molecule has 0 saturated heterocycles. The van der Waals surface area contributed by atoms with Gasteiger partial charge in [0, 0.05) is 7.11 Å². The van der Waals surface area contributed by atoms with E-state index in [1.165, 1.54) is 7.11 Å². The predicted molar refractivity (Wildman–Crippen MR) is 66.3 cm³/mol. The lowest BCUT2D eigenvalue weighted by molar-refractivity contribution is -0.142. The Balaban J connectivity index is 3.88. The van der Waals surface area contributed by atoms with Gasteiger partial charge in [0.05, 0.1) is 13.2 Å². The number of hydrogen-bond acceptors (Lipinski definition) is 4. The van der Waals surface area contributed by atoms with Crippen LogP contribution in [-0.4, -0.2) is 50.0 Å². The molecule has 104 valence electrons. The van der Waals surface area contributed by atoms with Gasteiger partial charge in [0.25, 0.3) is 0 Å². The van der Waals surface area contributed by atoms with E-state index in [0.717, 1.165) is 6.42 Å². The minimum atomic E-state index is -1.04. The summed E-state index contributed by atoms with van der Waals surface area (Å²) in [5.41, 5.74) is 0. The zero-order valence-corrected chi connectivity index (χ0v) is 10.7. The topological polar surface area (TPSA) is 84.9 Å². The highest BCUT2D eigenvalue weighted by Gasteiger charge is 2.18. The third-order valence-electron chi connectivity index (χ3n) is 2.20. The van der Waals surface area contributed by atoms with Gasteiger partial charge >= 0.3 is 5.97 Å². The summed E-state index contributed by atoms with van der Waals surface area (Å²) in [6.07, 6.45) is 3.50. The van der Waals surface area contributed by atoms with Crippen LogP contribution in [0.1, 0.15) is 19.3 Å². The van der Waals surface area contributed by atoms with Gasteiger partial charge in [-0.25, -0.2) is 4.79 Å². The quantitative estimate of drug-likeness (QED) is 0.418. The summed E-state index contributed by atoms with van der Waals surface area (Å²) >= 11 is 0. The Kier molecular flexibility index (Phi) is 9.90. The second kappa shape index (κ2) is 10.7. The first-order chi connectivity index (χ1) is 8.61. The average molecular weight is 259 g/mol. The number of carboxylic acids is 1. The second-order valence-electron chi connectivity index (χ2n) is 3.72. The van der Waals surface area contributed by atoms with Crippen molar-refractivity contribution < 1.29 is 24.2 Å². The molecule has 18 heavy (non-hydrogen) atoms. The van der Waals surface area contributed by atoms with Gasteiger partial charge in [-0.15, -0.1) is 6.58 Å². The van der Waals surface area contributed by atoms with E-state index in [1.54, 1.807) is 6.08 Å². The van der Waals surface area contributed by atoms with Gasteiger partial charge in [-0.05, 0) is 19.3 Å². The molecule has 0 aliphatic rings. The number of ether oxygens (including phenoxy) is 2. The lowest BCUT2D eigenvalue weighted by Crippen LogP contribution is -2.42. The number of aliphatic carboxylic acids is 1. The Morgan fingerprint density at radius 3 is 2.72 bits per heavy atom. The maximum atomic E-state index is 11.4. The number of amides is 1. The van der Waals surface area contributed by atoms with E-state index in [9.17, 15) is 9.59 Å². The summed E-state index contributed by atoms with van der Waals surface area (Å²) in [7, 11) is 1.53. The van der Waals surface area contributed by atoms with E-state index in [-0.39, 0.29) is 6.61 Å². The van der Waals surface area contributed by atoms with Crippen LogP contribution in [-0.2, 0) is 19.1 Å². The van der Waals surface area contributed by atoms with Gasteiger partial charge in [0.1, 0.15) is 12.6 Å². The van der Waals surface area contributed by atoms with Gasteiger partial charge in [0.15, 0.2) is 0 Å². The number of allylic oxidation sites excluding steroid dienone is 1.